The Hall–Kier alpha value is -2.93. The van der Waals surface area contributed by atoms with Gasteiger partial charge in [-0.05, 0) is 51.0 Å². The zero-order valence-corrected chi connectivity index (χ0v) is 23.9. The summed E-state index contributed by atoms with van der Waals surface area (Å²) in [7, 11) is -2.25. The second kappa shape index (κ2) is 12.7. The number of nitrogens with zero attached hydrogens (tertiary/aromatic N) is 4. The highest BCUT2D eigenvalue weighted by Crippen LogP contribution is 2.37. The van der Waals surface area contributed by atoms with Gasteiger partial charge in [0.15, 0.2) is 20.7 Å². The Morgan fingerprint density at radius 3 is 2.71 bits per heavy atom. The molecule has 11 nitrogen and oxygen atoms in total. The summed E-state index contributed by atoms with van der Waals surface area (Å²) in [5.74, 6) is 1.41. The molecule has 0 bridgehead atoms. The van der Waals surface area contributed by atoms with Crippen molar-refractivity contribution in [1.82, 2.24) is 14.9 Å². The Balaban J connectivity index is 1.91. The molecule has 0 radical (unpaired) electrons. The van der Waals surface area contributed by atoms with Gasteiger partial charge in [-0.1, -0.05) is 11.6 Å². The number of aryl methyl sites for hydroxylation is 1. The molecule has 1 aromatic heterocycles. The summed E-state index contributed by atoms with van der Waals surface area (Å²) in [4.78, 5) is 14.8. The van der Waals surface area contributed by atoms with Gasteiger partial charge in [0.1, 0.15) is 10.8 Å². The number of benzene rings is 1. The maximum absolute atomic E-state index is 12.6. The number of hydrogen-bond donors (Lipinski definition) is 4. The molecule has 0 aliphatic carbocycles. The number of aromatic nitrogens is 2. The van der Waals surface area contributed by atoms with Gasteiger partial charge in [-0.2, -0.15) is 4.98 Å². The van der Waals surface area contributed by atoms with Crippen molar-refractivity contribution < 1.29 is 18.3 Å². The number of aliphatic imine (C=N–C) groups is 1. The fourth-order valence-electron chi connectivity index (χ4n) is 4.06. The van der Waals surface area contributed by atoms with Gasteiger partial charge in [0.2, 0.25) is 5.95 Å². The number of β-amino-alcohol motifs (C(OH)–C–C–N with tert-alkyl or cyclic N) is 1. The van der Waals surface area contributed by atoms with Crippen molar-refractivity contribution in [3.8, 4) is 5.75 Å². The largest absolute Gasteiger partial charge is 0.492 e. The summed E-state index contributed by atoms with van der Waals surface area (Å²) in [5, 5.41) is 14.3. The molecule has 0 atom stereocenters. The van der Waals surface area contributed by atoms with Crippen molar-refractivity contribution in [3.63, 3.8) is 0 Å². The van der Waals surface area contributed by atoms with E-state index in [0.717, 1.165) is 18.7 Å². The molecule has 38 heavy (non-hydrogen) atoms. The normalized spacial score (nSPS) is 15.5. The van der Waals surface area contributed by atoms with Crippen LogP contribution in [0.2, 0.25) is 5.02 Å². The van der Waals surface area contributed by atoms with E-state index in [9.17, 15) is 8.42 Å². The molecule has 0 amide bonds. The first-order valence-electron chi connectivity index (χ1n) is 12.3. The molecule has 208 valence electrons. The molecule has 1 aromatic carbocycles. The number of hydrogen-bond acceptors (Lipinski definition) is 11. The number of likely N-dealkylation sites (tertiary alicyclic amines) is 1. The monoisotopic (exact) mass is 565 g/mol. The number of halogens is 1. The number of nitrogens with one attached hydrogen (secondary N) is 2. The van der Waals surface area contributed by atoms with Crippen LogP contribution < -0.4 is 21.1 Å². The predicted octanol–water partition coefficient (Wildman–Crippen LogP) is 3.04. The average Bonchev–Trinajstić information content (AvgIpc) is 2.84. The first-order valence-corrected chi connectivity index (χ1v) is 14.3. The van der Waals surface area contributed by atoms with E-state index in [-0.39, 0.29) is 34.1 Å². The van der Waals surface area contributed by atoms with Gasteiger partial charge in [0.05, 0.1) is 36.0 Å². The van der Waals surface area contributed by atoms with Crippen LogP contribution in [0.1, 0.15) is 37.8 Å². The van der Waals surface area contributed by atoms with E-state index >= 15 is 0 Å². The Morgan fingerprint density at radius 1 is 1.39 bits per heavy atom. The van der Waals surface area contributed by atoms with E-state index in [1.54, 1.807) is 13.8 Å². The molecule has 3 rings (SSSR count). The highest BCUT2D eigenvalue weighted by Gasteiger charge is 2.29. The van der Waals surface area contributed by atoms with Gasteiger partial charge in [-0.3, -0.25) is 9.89 Å². The van der Waals surface area contributed by atoms with E-state index in [2.05, 4.69) is 30.5 Å². The fourth-order valence-corrected chi connectivity index (χ4v) is 5.12. The third-order valence-electron chi connectivity index (χ3n) is 6.18. The zero-order chi connectivity index (χ0) is 28.0. The predicted molar refractivity (Wildman–Crippen MR) is 152 cm³/mol. The third-order valence-corrected chi connectivity index (χ3v) is 8.53. The van der Waals surface area contributed by atoms with Crippen molar-refractivity contribution >= 4 is 45.1 Å². The van der Waals surface area contributed by atoms with Crippen LogP contribution in [0.4, 0.5) is 17.5 Å². The minimum Gasteiger partial charge on any atom is -0.492 e. The maximum atomic E-state index is 12.6. The van der Waals surface area contributed by atoms with Crippen molar-refractivity contribution in [2.75, 3.05) is 50.5 Å². The van der Waals surface area contributed by atoms with Crippen molar-refractivity contribution in [2.24, 2.45) is 10.7 Å². The summed E-state index contributed by atoms with van der Waals surface area (Å²) < 4.78 is 31.2. The molecule has 0 unspecified atom stereocenters. The van der Waals surface area contributed by atoms with E-state index in [0.29, 0.717) is 30.5 Å². The second-order valence-electron chi connectivity index (χ2n) is 9.22. The minimum absolute atomic E-state index is 0.0543. The number of allylic oxidation sites excluding steroid dienone is 1. The zero-order valence-electron chi connectivity index (χ0n) is 22.3. The first-order chi connectivity index (χ1) is 18.0. The minimum atomic E-state index is -3.75. The lowest BCUT2D eigenvalue weighted by Crippen LogP contribution is -2.46. The topological polar surface area (TPSA) is 155 Å². The second-order valence-corrected chi connectivity index (χ2v) is 12.1. The third kappa shape index (κ3) is 6.73. The first kappa shape index (κ1) is 29.6. The van der Waals surface area contributed by atoms with Gasteiger partial charge in [-0.15, -0.1) is 0 Å². The molecule has 2 aromatic rings. The van der Waals surface area contributed by atoms with E-state index in [1.165, 1.54) is 25.0 Å². The molecule has 1 saturated heterocycles. The van der Waals surface area contributed by atoms with Crippen molar-refractivity contribution in [3.05, 3.63) is 45.2 Å². The van der Waals surface area contributed by atoms with Gasteiger partial charge in [0, 0.05) is 38.8 Å². The van der Waals surface area contributed by atoms with Gasteiger partial charge < -0.3 is 26.2 Å². The molecule has 2 heterocycles. The van der Waals surface area contributed by atoms with Crippen LogP contribution in [-0.2, 0) is 9.84 Å². The van der Waals surface area contributed by atoms with Crippen LogP contribution in [0.25, 0.3) is 0 Å². The van der Waals surface area contributed by atoms with E-state index in [4.69, 9.17) is 27.2 Å². The highest BCUT2D eigenvalue weighted by molar-refractivity contribution is 7.95. The summed E-state index contributed by atoms with van der Waals surface area (Å²) >= 11 is 6.33. The standard InChI is InChI=1S/C25H36ClN7O4S/c1-6-37-22-10-18(17-13-33(14-17)7-8-34)16(4)9-20(22)31-25-29-11-19(26)24(32-25)30-21(12-28-5)23(27)38(35,36)15(2)3/h9-12,15,17,34H,6-8,13-14,27H2,1-5H3,(H2,29,30,31,32). The number of rotatable bonds is 12. The summed E-state index contributed by atoms with van der Waals surface area (Å²) in [6.45, 7) is 10.1. The Bertz CT molecular complexity index is 1310. The van der Waals surface area contributed by atoms with Crippen LogP contribution in [0.5, 0.6) is 5.75 Å². The molecular weight excluding hydrogens is 530 g/mol. The lowest BCUT2D eigenvalue weighted by molar-refractivity contribution is 0.115. The molecule has 1 aliphatic rings. The fraction of sp³-hybridized carbons (Fsp3) is 0.480. The Kier molecular flexibility index (Phi) is 9.94. The molecule has 5 N–H and O–H groups in total. The molecule has 0 spiro atoms. The van der Waals surface area contributed by atoms with Gasteiger partial charge >= 0.3 is 0 Å². The van der Waals surface area contributed by atoms with Gasteiger partial charge in [0.25, 0.3) is 0 Å². The lowest BCUT2D eigenvalue weighted by Gasteiger charge is -2.40. The van der Waals surface area contributed by atoms with Gasteiger partial charge in [-0.25, -0.2) is 13.4 Å². The number of aliphatic hydroxyl groups excluding tert-OH is 1. The quantitative estimate of drug-likeness (QED) is 0.282. The Morgan fingerprint density at radius 2 is 2.11 bits per heavy atom. The molecule has 1 aliphatic heterocycles. The maximum Gasteiger partial charge on any atom is 0.229 e. The van der Waals surface area contributed by atoms with Crippen LogP contribution in [-0.4, -0.2) is 79.8 Å². The Labute approximate surface area is 229 Å². The highest BCUT2D eigenvalue weighted by atomic mass is 35.5. The van der Waals surface area contributed by atoms with Crippen molar-refractivity contribution in [2.45, 2.75) is 38.9 Å². The summed E-state index contributed by atoms with van der Waals surface area (Å²) in [6.07, 6.45) is 2.71. The number of aliphatic hydroxyl groups is 1. The SMILES string of the molecule is CCOc1cc(C2CN(CCO)C2)c(C)cc1Nc1ncc(Cl)c(NC(C=NC)=C(N)S(=O)(=O)C(C)C)n1. The number of sulfone groups is 1. The van der Waals surface area contributed by atoms with E-state index < -0.39 is 15.1 Å². The smallest absolute Gasteiger partial charge is 0.229 e. The van der Waals surface area contributed by atoms with Crippen LogP contribution in [0.15, 0.2) is 34.0 Å². The summed E-state index contributed by atoms with van der Waals surface area (Å²) in [5.41, 5.74) is 9.02. The average molecular weight is 566 g/mol. The van der Waals surface area contributed by atoms with Crippen LogP contribution in [0, 0.1) is 6.92 Å². The van der Waals surface area contributed by atoms with E-state index in [1.807, 2.05) is 26.0 Å². The van der Waals surface area contributed by atoms with Crippen LogP contribution >= 0.6 is 11.6 Å². The molecule has 0 saturated carbocycles. The number of nitrogens with two attached hydrogens (primary N) is 1. The summed E-state index contributed by atoms with van der Waals surface area (Å²) in [6, 6.07) is 4.02. The molecular formula is C25H36ClN7O4S. The lowest BCUT2D eigenvalue weighted by atomic mass is 9.88. The molecule has 13 heteroatoms. The van der Waals surface area contributed by atoms with Crippen LogP contribution in [0.3, 0.4) is 0 Å². The van der Waals surface area contributed by atoms with Crippen molar-refractivity contribution in [1.29, 1.82) is 0 Å². The number of ether oxygens (including phenoxy) is 1. The molecule has 1 fully saturated rings. The number of anilines is 3.